The van der Waals surface area contributed by atoms with Crippen molar-refractivity contribution in [3.05, 3.63) is 12.2 Å². The number of hydrogen-bond acceptors (Lipinski definition) is 4. The number of aromatic nitrogens is 3. The minimum Gasteiger partial charge on any atom is -0.392 e. The molecular formula is C12H22N4O. The molecule has 5 nitrogen and oxygen atoms in total. The average molecular weight is 238 g/mol. The van der Waals surface area contributed by atoms with Crippen LogP contribution in [0.2, 0.25) is 0 Å². The van der Waals surface area contributed by atoms with Crippen molar-refractivity contribution in [1.29, 1.82) is 0 Å². The molecule has 2 atom stereocenters. The fourth-order valence-corrected chi connectivity index (χ4v) is 2.40. The second-order valence-electron chi connectivity index (χ2n) is 5.05. The SMILES string of the molecule is CC(C)n1ncnc1CNC1CCCCC1O. The molecule has 1 aliphatic carbocycles. The first-order valence-corrected chi connectivity index (χ1v) is 6.48. The molecule has 0 bridgehead atoms. The Morgan fingerprint density at radius 1 is 1.47 bits per heavy atom. The van der Waals surface area contributed by atoms with Crippen LogP contribution in [0, 0.1) is 0 Å². The van der Waals surface area contributed by atoms with Gasteiger partial charge in [-0.3, -0.25) is 0 Å². The smallest absolute Gasteiger partial charge is 0.141 e. The van der Waals surface area contributed by atoms with Crippen molar-refractivity contribution in [2.75, 3.05) is 0 Å². The molecule has 0 aromatic carbocycles. The Kier molecular flexibility index (Phi) is 4.12. The lowest BCUT2D eigenvalue weighted by atomic mass is 9.92. The van der Waals surface area contributed by atoms with E-state index in [1.807, 2.05) is 4.68 Å². The van der Waals surface area contributed by atoms with Crippen LogP contribution in [0.3, 0.4) is 0 Å². The highest BCUT2D eigenvalue weighted by molar-refractivity contribution is 4.89. The molecule has 1 fully saturated rings. The molecule has 1 aliphatic rings. The van der Waals surface area contributed by atoms with Gasteiger partial charge in [-0.25, -0.2) is 9.67 Å². The number of aliphatic hydroxyl groups excluding tert-OH is 1. The number of hydrogen-bond donors (Lipinski definition) is 2. The highest BCUT2D eigenvalue weighted by Gasteiger charge is 2.22. The Labute approximate surface area is 102 Å². The van der Waals surface area contributed by atoms with Gasteiger partial charge >= 0.3 is 0 Å². The molecule has 2 rings (SSSR count). The predicted molar refractivity (Wildman–Crippen MR) is 65.5 cm³/mol. The minimum atomic E-state index is -0.209. The first-order valence-electron chi connectivity index (χ1n) is 6.48. The van der Waals surface area contributed by atoms with E-state index in [0.29, 0.717) is 12.6 Å². The number of rotatable bonds is 4. The second kappa shape index (κ2) is 5.60. The first-order chi connectivity index (χ1) is 8.18. The van der Waals surface area contributed by atoms with Crippen molar-refractivity contribution in [1.82, 2.24) is 20.1 Å². The summed E-state index contributed by atoms with van der Waals surface area (Å²) in [5.41, 5.74) is 0. The Morgan fingerprint density at radius 2 is 2.24 bits per heavy atom. The maximum atomic E-state index is 9.87. The van der Waals surface area contributed by atoms with E-state index < -0.39 is 0 Å². The largest absolute Gasteiger partial charge is 0.392 e. The van der Waals surface area contributed by atoms with Crippen molar-refractivity contribution < 1.29 is 5.11 Å². The summed E-state index contributed by atoms with van der Waals surface area (Å²) in [6, 6.07) is 0.534. The van der Waals surface area contributed by atoms with E-state index in [4.69, 9.17) is 0 Å². The van der Waals surface area contributed by atoms with Crippen molar-refractivity contribution in [3.8, 4) is 0 Å². The lowest BCUT2D eigenvalue weighted by molar-refractivity contribution is 0.0896. The van der Waals surface area contributed by atoms with Crippen LogP contribution in [-0.2, 0) is 6.54 Å². The zero-order valence-corrected chi connectivity index (χ0v) is 10.6. The number of nitrogens with zero attached hydrogens (tertiary/aromatic N) is 3. The van der Waals surface area contributed by atoms with Crippen molar-refractivity contribution in [3.63, 3.8) is 0 Å². The highest BCUT2D eigenvalue weighted by atomic mass is 16.3. The lowest BCUT2D eigenvalue weighted by Gasteiger charge is -2.28. The monoisotopic (exact) mass is 238 g/mol. The minimum absolute atomic E-state index is 0.209. The van der Waals surface area contributed by atoms with Crippen LogP contribution in [-0.4, -0.2) is 32.0 Å². The van der Waals surface area contributed by atoms with Gasteiger partial charge < -0.3 is 10.4 Å². The molecule has 1 aromatic rings. The third-order valence-corrected chi connectivity index (χ3v) is 3.39. The van der Waals surface area contributed by atoms with Crippen molar-refractivity contribution in [2.24, 2.45) is 0 Å². The summed E-state index contributed by atoms with van der Waals surface area (Å²) in [5.74, 6) is 0.942. The number of aliphatic hydroxyl groups is 1. The molecule has 0 radical (unpaired) electrons. The molecule has 17 heavy (non-hydrogen) atoms. The Balaban J connectivity index is 1.90. The van der Waals surface area contributed by atoms with Gasteiger partial charge in [-0.2, -0.15) is 5.10 Å². The van der Waals surface area contributed by atoms with Gasteiger partial charge in [0.15, 0.2) is 0 Å². The fourth-order valence-electron chi connectivity index (χ4n) is 2.40. The van der Waals surface area contributed by atoms with Crippen LogP contribution in [0.15, 0.2) is 6.33 Å². The third-order valence-electron chi connectivity index (χ3n) is 3.39. The lowest BCUT2D eigenvalue weighted by Crippen LogP contribution is -2.42. The molecule has 96 valence electrons. The van der Waals surface area contributed by atoms with Crippen LogP contribution in [0.1, 0.15) is 51.4 Å². The molecule has 2 unspecified atom stereocenters. The molecule has 5 heteroatoms. The zero-order chi connectivity index (χ0) is 12.3. The fraction of sp³-hybridized carbons (Fsp3) is 0.833. The molecule has 1 heterocycles. The summed E-state index contributed by atoms with van der Waals surface area (Å²) >= 11 is 0. The van der Waals surface area contributed by atoms with E-state index in [2.05, 4.69) is 29.2 Å². The molecule has 0 saturated heterocycles. The summed E-state index contributed by atoms with van der Waals surface area (Å²) in [7, 11) is 0. The van der Waals surface area contributed by atoms with Crippen LogP contribution in [0.5, 0.6) is 0 Å². The van der Waals surface area contributed by atoms with Gasteiger partial charge in [0.2, 0.25) is 0 Å². The van der Waals surface area contributed by atoms with Crippen LogP contribution < -0.4 is 5.32 Å². The van der Waals surface area contributed by atoms with E-state index in [1.165, 1.54) is 6.42 Å². The zero-order valence-electron chi connectivity index (χ0n) is 10.6. The van der Waals surface area contributed by atoms with E-state index in [-0.39, 0.29) is 12.1 Å². The van der Waals surface area contributed by atoms with E-state index in [1.54, 1.807) is 6.33 Å². The van der Waals surface area contributed by atoms with Crippen molar-refractivity contribution in [2.45, 2.75) is 64.3 Å². The molecule has 1 aromatic heterocycles. The predicted octanol–water partition coefficient (Wildman–Crippen LogP) is 1.25. The van der Waals surface area contributed by atoms with Gasteiger partial charge in [-0.05, 0) is 26.7 Å². The van der Waals surface area contributed by atoms with Gasteiger partial charge in [0.25, 0.3) is 0 Å². The van der Waals surface area contributed by atoms with Gasteiger partial charge in [0.05, 0.1) is 12.6 Å². The highest BCUT2D eigenvalue weighted by Crippen LogP contribution is 2.18. The Morgan fingerprint density at radius 3 is 2.94 bits per heavy atom. The van der Waals surface area contributed by atoms with Crippen molar-refractivity contribution >= 4 is 0 Å². The van der Waals surface area contributed by atoms with Gasteiger partial charge in [-0.1, -0.05) is 12.8 Å². The summed E-state index contributed by atoms with van der Waals surface area (Å²) in [6.07, 6.45) is 5.69. The third kappa shape index (κ3) is 3.04. The topological polar surface area (TPSA) is 63.0 Å². The summed E-state index contributed by atoms with van der Waals surface area (Å²) in [6.45, 7) is 4.86. The summed E-state index contributed by atoms with van der Waals surface area (Å²) in [4.78, 5) is 4.25. The average Bonchev–Trinajstić information content (AvgIpc) is 2.76. The number of nitrogens with one attached hydrogen (secondary N) is 1. The molecule has 2 N–H and O–H groups in total. The Hall–Kier alpha value is -0.940. The molecule has 0 amide bonds. The quantitative estimate of drug-likeness (QED) is 0.828. The maximum absolute atomic E-state index is 9.87. The van der Waals surface area contributed by atoms with Gasteiger partial charge in [0.1, 0.15) is 12.2 Å². The molecule has 0 spiro atoms. The van der Waals surface area contributed by atoms with E-state index in [9.17, 15) is 5.11 Å². The molecule has 1 saturated carbocycles. The first kappa shape index (κ1) is 12.5. The Bertz CT molecular complexity index is 350. The summed E-state index contributed by atoms with van der Waals surface area (Å²) in [5, 5.41) is 17.5. The van der Waals surface area contributed by atoms with Crippen LogP contribution >= 0.6 is 0 Å². The second-order valence-corrected chi connectivity index (χ2v) is 5.05. The normalized spacial score (nSPS) is 25.4. The van der Waals surface area contributed by atoms with E-state index >= 15 is 0 Å². The van der Waals surface area contributed by atoms with Gasteiger partial charge in [0, 0.05) is 12.1 Å². The summed E-state index contributed by atoms with van der Waals surface area (Å²) < 4.78 is 1.92. The van der Waals surface area contributed by atoms with Crippen LogP contribution in [0.25, 0.3) is 0 Å². The van der Waals surface area contributed by atoms with E-state index in [0.717, 1.165) is 25.1 Å². The van der Waals surface area contributed by atoms with Gasteiger partial charge in [-0.15, -0.1) is 0 Å². The molecule has 0 aliphatic heterocycles. The van der Waals surface area contributed by atoms with Crippen LogP contribution in [0.4, 0.5) is 0 Å². The standard InChI is InChI=1S/C12H22N4O/c1-9(2)16-12(14-8-15-16)7-13-10-5-3-4-6-11(10)17/h8-11,13,17H,3-7H2,1-2H3. The maximum Gasteiger partial charge on any atom is 0.141 e. The molecular weight excluding hydrogens is 216 g/mol.